The van der Waals surface area contributed by atoms with Crippen LogP contribution in [0, 0.1) is 13.8 Å². The second-order valence-corrected chi connectivity index (χ2v) is 5.81. The van der Waals surface area contributed by atoms with Crippen molar-refractivity contribution >= 4 is 0 Å². The molecule has 2 aromatic heterocycles. The van der Waals surface area contributed by atoms with E-state index in [1.807, 2.05) is 18.5 Å². The zero-order chi connectivity index (χ0) is 13.9. The fourth-order valence-corrected chi connectivity index (χ4v) is 3.10. The Morgan fingerprint density at radius 3 is 3.00 bits per heavy atom. The van der Waals surface area contributed by atoms with Crippen LogP contribution < -0.4 is 0 Å². The van der Waals surface area contributed by atoms with Gasteiger partial charge in [-0.1, -0.05) is 6.07 Å². The summed E-state index contributed by atoms with van der Waals surface area (Å²) in [6.45, 7) is 7.50. The lowest BCUT2D eigenvalue weighted by atomic mass is 9.93. The maximum absolute atomic E-state index is 4.52. The largest absolute Gasteiger partial charge is 0.297 e. The minimum Gasteiger partial charge on any atom is -0.297 e. The van der Waals surface area contributed by atoms with E-state index >= 15 is 0 Å². The van der Waals surface area contributed by atoms with Crippen LogP contribution in [0.3, 0.4) is 0 Å². The molecule has 0 aromatic carbocycles. The van der Waals surface area contributed by atoms with Gasteiger partial charge in [0.25, 0.3) is 0 Å². The lowest BCUT2D eigenvalue weighted by molar-refractivity contribution is 0.196. The summed E-state index contributed by atoms with van der Waals surface area (Å²) in [6, 6.07) is 4.15. The van der Waals surface area contributed by atoms with E-state index in [2.05, 4.69) is 40.0 Å². The molecule has 0 amide bonds. The van der Waals surface area contributed by atoms with Crippen molar-refractivity contribution in [2.75, 3.05) is 13.1 Å². The molecule has 0 aliphatic carbocycles. The molecule has 3 rings (SSSR count). The summed E-state index contributed by atoms with van der Waals surface area (Å²) in [7, 11) is 0. The zero-order valence-electron chi connectivity index (χ0n) is 12.3. The first-order chi connectivity index (χ1) is 9.74. The van der Waals surface area contributed by atoms with E-state index in [1.165, 1.54) is 41.9 Å². The third-order valence-corrected chi connectivity index (χ3v) is 4.27. The Bertz CT molecular complexity index is 575. The molecule has 106 valence electrons. The number of rotatable bonds is 3. The Labute approximate surface area is 120 Å². The number of nitrogens with zero attached hydrogens (tertiary/aromatic N) is 3. The number of nitrogens with one attached hydrogen (secondary N) is 1. The highest BCUT2D eigenvalue weighted by Gasteiger charge is 2.24. The molecular formula is C16H22N4. The van der Waals surface area contributed by atoms with Crippen LogP contribution in [-0.2, 0) is 6.54 Å². The van der Waals surface area contributed by atoms with E-state index in [0.717, 1.165) is 13.1 Å². The normalized spacial score (nSPS) is 20.2. The molecule has 4 heteroatoms. The topological polar surface area (TPSA) is 44.8 Å². The Kier molecular flexibility index (Phi) is 3.83. The number of aromatic nitrogens is 3. The summed E-state index contributed by atoms with van der Waals surface area (Å²) in [4.78, 5) is 7.03. The van der Waals surface area contributed by atoms with Gasteiger partial charge >= 0.3 is 0 Å². The Morgan fingerprint density at radius 1 is 1.35 bits per heavy atom. The predicted octanol–water partition coefficient (Wildman–Crippen LogP) is 2.80. The highest BCUT2D eigenvalue weighted by molar-refractivity contribution is 5.20. The van der Waals surface area contributed by atoms with Gasteiger partial charge in [0, 0.05) is 30.9 Å². The first-order valence-electron chi connectivity index (χ1n) is 7.37. The fourth-order valence-electron chi connectivity index (χ4n) is 3.10. The first kappa shape index (κ1) is 13.3. The number of H-pyrrole nitrogens is 1. The number of aryl methyl sites for hydroxylation is 2. The molecule has 20 heavy (non-hydrogen) atoms. The summed E-state index contributed by atoms with van der Waals surface area (Å²) in [5.74, 6) is 0.579. The Morgan fingerprint density at radius 2 is 2.25 bits per heavy atom. The highest BCUT2D eigenvalue weighted by Crippen LogP contribution is 2.28. The van der Waals surface area contributed by atoms with Crippen LogP contribution in [-0.4, -0.2) is 33.2 Å². The number of hydrogen-bond acceptors (Lipinski definition) is 3. The molecule has 1 aliphatic heterocycles. The van der Waals surface area contributed by atoms with Crippen LogP contribution in [0.15, 0.2) is 24.5 Å². The molecule has 1 N–H and O–H groups in total. The van der Waals surface area contributed by atoms with E-state index in [9.17, 15) is 0 Å². The summed E-state index contributed by atoms with van der Waals surface area (Å²) < 4.78 is 0. The van der Waals surface area contributed by atoms with Crippen molar-refractivity contribution in [2.45, 2.75) is 39.2 Å². The van der Waals surface area contributed by atoms with Gasteiger partial charge in [-0.25, -0.2) is 0 Å². The lowest BCUT2D eigenvalue weighted by Gasteiger charge is -2.32. The highest BCUT2D eigenvalue weighted by atomic mass is 15.2. The van der Waals surface area contributed by atoms with Crippen molar-refractivity contribution in [2.24, 2.45) is 0 Å². The summed E-state index contributed by atoms with van der Waals surface area (Å²) >= 11 is 0. The van der Waals surface area contributed by atoms with E-state index in [1.54, 1.807) is 0 Å². The molecule has 4 nitrogen and oxygen atoms in total. The van der Waals surface area contributed by atoms with Gasteiger partial charge in [-0.2, -0.15) is 5.10 Å². The van der Waals surface area contributed by atoms with Gasteiger partial charge in [0.15, 0.2) is 0 Å². The quantitative estimate of drug-likeness (QED) is 0.932. The second kappa shape index (κ2) is 5.75. The minimum atomic E-state index is 0.579. The van der Waals surface area contributed by atoms with Gasteiger partial charge in [0.2, 0.25) is 0 Å². The molecule has 1 fully saturated rings. The first-order valence-corrected chi connectivity index (χ1v) is 7.37. The number of hydrogen-bond donors (Lipinski definition) is 1. The maximum Gasteiger partial charge on any atom is 0.0573 e. The molecule has 0 bridgehead atoms. The smallest absolute Gasteiger partial charge is 0.0573 e. The monoisotopic (exact) mass is 270 g/mol. The van der Waals surface area contributed by atoms with Crippen molar-refractivity contribution in [3.8, 4) is 0 Å². The van der Waals surface area contributed by atoms with E-state index < -0.39 is 0 Å². The average Bonchev–Trinajstić information content (AvgIpc) is 2.88. The number of aromatic amines is 1. The molecular weight excluding hydrogens is 248 g/mol. The van der Waals surface area contributed by atoms with E-state index in [0.29, 0.717) is 5.92 Å². The fraction of sp³-hybridized carbons (Fsp3) is 0.500. The number of piperidine rings is 1. The third kappa shape index (κ3) is 2.75. The minimum absolute atomic E-state index is 0.579. The second-order valence-electron chi connectivity index (χ2n) is 5.81. The van der Waals surface area contributed by atoms with Crippen molar-refractivity contribution < 1.29 is 0 Å². The van der Waals surface area contributed by atoms with Crippen LogP contribution in [0.5, 0.6) is 0 Å². The summed E-state index contributed by atoms with van der Waals surface area (Å²) in [5.41, 5.74) is 5.08. The molecule has 1 saturated heterocycles. The van der Waals surface area contributed by atoms with Gasteiger partial charge in [-0.15, -0.1) is 0 Å². The standard InChI is InChI=1S/C16H22N4/c1-12-5-3-7-17-15(12)11-20-8-4-6-14(10-20)16-13(2)9-18-19-16/h3,5,7,9,14H,4,6,8,10-11H2,1-2H3,(H,18,19). The average molecular weight is 270 g/mol. The maximum atomic E-state index is 4.52. The SMILES string of the molecule is Cc1cccnc1CN1CCCC(c2[nH]ncc2C)C1. The van der Waals surface area contributed by atoms with Crippen LogP contribution >= 0.6 is 0 Å². The molecule has 1 unspecified atom stereocenters. The lowest BCUT2D eigenvalue weighted by Crippen LogP contribution is -2.34. The molecule has 0 saturated carbocycles. The zero-order valence-corrected chi connectivity index (χ0v) is 12.3. The Hall–Kier alpha value is -1.68. The molecule has 1 aliphatic rings. The molecule has 0 radical (unpaired) electrons. The van der Waals surface area contributed by atoms with Crippen molar-refractivity contribution in [1.29, 1.82) is 0 Å². The van der Waals surface area contributed by atoms with Crippen LogP contribution in [0.25, 0.3) is 0 Å². The van der Waals surface area contributed by atoms with Crippen LogP contribution in [0.2, 0.25) is 0 Å². The van der Waals surface area contributed by atoms with E-state index in [4.69, 9.17) is 0 Å². The Balaban J connectivity index is 1.70. The van der Waals surface area contributed by atoms with E-state index in [-0.39, 0.29) is 0 Å². The molecule has 3 heterocycles. The number of likely N-dealkylation sites (tertiary alicyclic amines) is 1. The van der Waals surface area contributed by atoms with Gasteiger partial charge < -0.3 is 0 Å². The van der Waals surface area contributed by atoms with Crippen molar-refractivity contribution in [1.82, 2.24) is 20.1 Å². The molecule has 0 spiro atoms. The van der Waals surface area contributed by atoms with Gasteiger partial charge in [0.05, 0.1) is 11.9 Å². The van der Waals surface area contributed by atoms with Crippen molar-refractivity contribution in [3.63, 3.8) is 0 Å². The summed E-state index contributed by atoms with van der Waals surface area (Å²) in [5, 5.41) is 7.34. The predicted molar refractivity (Wildman–Crippen MR) is 79.6 cm³/mol. The van der Waals surface area contributed by atoms with Crippen LogP contribution in [0.1, 0.15) is 41.3 Å². The van der Waals surface area contributed by atoms with Crippen molar-refractivity contribution in [3.05, 3.63) is 47.0 Å². The van der Waals surface area contributed by atoms with Gasteiger partial charge in [-0.3, -0.25) is 15.0 Å². The molecule has 2 aromatic rings. The van der Waals surface area contributed by atoms with Gasteiger partial charge in [0.1, 0.15) is 0 Å². The number of pyridine rings is 1. The third-order valence-electron chi connectivity index (χ3n) is 4.27. The summed E-state index contributed by atoms with van der Waals surface area (Å²) in [6.07, 6.45) is 6.32. The van der Waals surface area contributed by atoms with Crippen LogP contribution in [0.4, 0.5) is 0 Å². The van der Waals surface area contributed by atoms with Gasteiger partial charge in [-0.05, 0) is 50.4 Å². The molecule has 1 atom stereocenters.